The van der Waals surface area contributed by atoms with E-state index in [0.29, 0.717) is 10.6 Å². The van der Waals surface area contributed by atoms with Gasteiger partial charge in [0, 0.05) is 0 Å². The number of nitriles is 1. The molecule has 0 radical (unpaired) electrons. The zero-order valence-electron chi connectivity index (χ0n) is 9.75. The number of hydrogen-bond acceptors (Lipinski definition) is 4. The maximum Gasteiger partial charge on any atom is 0.245 e. The molecule has 1 aromatic rings. The van der Waals surface area contributed by atoms with Crippen LogP contribution in [0.25, 0.3) is 0 Å². The van der Waals surface area contributed by atoms with Gasteiger partial charge >= 0.3 is 0 Å². The van der Waals surface area contributed by atoms with Crippen molar-refractivity contribution in [2.45, 2.75) is 31.7 Å². The summed E-state index contributed by atoms with van der Waals surface area (Å²) in [6, 6.07) is 3.80. The Kier molecular flexibility index (Phi) is 3.46. The molecule has 1 unspecified atom stereocenters. The smallest absolute Gasteiger partial charge is 0.245 e. The number of rotatable bonds is 3. The maximum atomic E-state index is 12.3. The molecule has 4 nitrogen and oxygen atoms in total. The largest absolute Gasteiger partial charge is 0.315 e. The van der Waals surface area contributed by atoms with E-state index in [2.05, 4.69) is 16.7 Å². The number of thiophene rings is 1. The summed E-state index contributed by atoms with van der Waals surface area (Å²) >= 11 is 1.39. The predicted octanol–water partition coefficient (Wildman–Crippen LogP) is 2.09. The number of carbonyl (C=O) groups is 1. The molecular formula is C12H15N3OS. The molecule has 90 valence electrons. The molecule has 0 aromatic carbocycles. The van der Waals surface area contributed by atoms with Gasteiger partial charge in [-0.15, -0.1) is 11.3 Å². The van der Waals surface area contributed by atoms with Crippen LogP contribution in [0.1, 0.15) is 31.7 Å². The molecule has 1 amide bonds. The Hall–Kier alpha value is -1.38. The Morgan fingerprint density at radius 3 is 3.18 bits per heavy atom. The van der Waals surface area contributed by atoms with Gasteiger partial charge in [-0.3, -0.25) is 4.79 Å². The lowest BCUT2D eigenvalue weighted by molar-refractivity contribution is -0.122. The summed E-state index contributed by atoms with van der Waals surface area (Å²) in [4.78, 5) is 12.3. The SMILES string of the molecule is CCC1(C(=O)Nc2sccc2C#N)CCCN1. The molecule has 0 bridgehead atoms. The minimum atomic E-state index is -0.448. The van der Waals surface area contributed by atoms with Gasteiger partial charge in [-0.1, -0.05) is 6.92 Å². The topological polar surface area (TPSA) is 64.9 Å². The molecule has 1 fully saturated rings. The van der Waals surface area contributed by atoms with Gasteiger partial charge in [0.2, 0.25) is 5.91 Å². The van der Waals surface area contributed by atoms with Gasteiger partial charge in [-0.05, 0) is 37.3 Å². The van der Waals surface area contributed by atoms with Crippen LogP contribution in [0.3, 0.4) is 0 Å². The first kappa shape index (κ1) is 12.1. The van der Waals surface area contributed by atoms with E-state index in [1.165, 1.54) is 11.3 Å². The predicted molar refractivity (Wildman–Crippen MR) is 67.9 cm³/mol. The van der Waals surface area contributed by atoms with Gasteiger partial charge in [0.1, 0.15) is 11.1 Å². The lowest BCUT2D eigenvalue weighted by Gasteiger charge is -2.26. The summed E-state index contributed by atoms with van der Waals surface area (Å²) in [6.07, 6.45) is 2.66. The van der Waals surface area contributed by atoms with E-state index in [4.69, 9.17) is 5.26 Å². The number of hydrogen-bond donors (Lipinski definition) is 2. The standard InChI is InChI=1S/C12H15N3OS/c1-2-12(5-3-6-14-12)11(16)15-10-9(8-13)4-7-17-10/h4,7,14H,2-3,5-6H2,1H3,(H,15,16). The van der Waals surface area contributed by atoms with Crippen molar-refractivity contribution in [2.24, 2.45) is 0 Å². The summed E-state index contributed by atoms with van der Waals surface area (Å²) in [5, 5.41) is 17.5. The van der Waals surface area contributed by atoms with Gasteiger partial charge in [0.05, 0.1) is 11.1 Å². The third kappa shape index (κ3) is 2.19. The minimum Gasteiger partial charge on any atom is -0.315 e. The monoisotopic (exact) mass is 249 g/mol. The number of nitrogens with zero attached hydrogens (tertiary/aromatic N) is 1. The van der Waals surface area contributed by atoms with Crippen molar-refractivity contribution in [3.63, 3.8) is 0 Å². The van der Waals surface area contributed by atoms with Crippen LogP contribution < -0.4 is 10.6 Å². The maximum absolute atomic E-state index is 12.3. The number of nitrogens with one attached hydrogen (secondary N) is 2. The highest BCUT2D eigenvalue weighted by molar-refractivity contribution is 7.14. The molecule has 2 rings (SSSR count). The quantitative estimate of drug-likeness (QED) is 0.862. The molecule has 0 saturated carbocycles. The first-order valence-corrected chi connectivity index (χ1v) is 6.64. The second-order valence-corrected chi connectivity index (χ2v) is 5.11. The lowest BCUT2D eigenvalue weighted by atomic mass is 9.93. The van der Waals surface area contributed by atoms with Crippen LogP contribution in [0, 0.1) is 11.3 Å². The Balaban J connectivity index is 2.14. The van der Waals surface area contributed by atoms with Crippen LogP contribution in [0.4, 0.5) is 5.00 Å². The second-order valence-electron chi connectivity index (χ2n) is 4.20. The van der Waals surface area contributed by atoms with Crippen LogP contribution >= 0.6 is 11.3 Å². The normalized spacial score (nSPS) is 23.3. The third-order valence-electron chi connectivity index (χ3n) is 3.29. The number of anilines is 1. The van der Waals surface area contributed by atoms with Crippen molar-refractivity contribution in [1.29, 1.82) is 5.26 Å². The van der Waals surface area contributed by atoms with Crippen molar-refractivity contribution in [3.8, 4) is 6.07 Å². The number of carbonyl (C=O) groups excluding carboxylic acids is 1. The van der Waals surface area contributed by atoms with E-state index in [1.54, 1.807) is 6.07 Å². The molecule has 1 aliphatic rings. The van der Waals surface area contributed by atoms with Gasteiger partial charge in [-0.25, -0.2) is 0 Å². The summed E-state index contributed by atoms with van der Waals surface area (Å²) in [5.74, 6) is -0.0172. The van der Waals surface area contributed by atoms with Gasteiger partial charge in [-0.2, -0.15) is 5.26 Å². The average molecular weight is 249 g/mol. The molecule has 2 N–H and O–H groups in total. The van der Waals surface area contributed by atoms with E-state index in [0.717, 1.165) is 25.8 Å². The van der Waals surface area contributed by atoms with E-state index in [9.17, 15) is 4.79 Å². The number of amides is 1. The fourth-order valence-corrected chi connectivity index (χ4v) is 2.91. The van der Waals surface area contributed by atoms with Crippen molar-refractivity contribution in [3.05, 3.63) is 17.0 Å². The fraction of sp³-hybridized carbons (Fsp3) is 0.500. The van der Waals surface area contributed by atoms with Gasteiger partial charge in [0.15, 0.2) is 0 Å². The Labute approximate surface area is 105 Å². The molecule has 1 atom stereocenters. The molecule has 1 aliphatic heterocycles. The van der Waals surface area contributed by atoms with Crippen LogP contribution in [-0.2, 0) is 4.79 Å². The average Bonchev–Trinajstić information content (AvgIpc) is 2.97. The lowest BCUT2D eigenvalue weighted by Crippen LogP contribution is -2.50. The summed E-state index contributed by atoms with van der Waals surface area (Å²) in [7, 11) is 0. The molecule has 5 heteroatoms. The highest BCUT2D eigenvalue weighted by atomic mass is 32.1. The summed E-state index contributed by atoms with van der Waals surface area (Å²) < 4.78 is 0. The molecule has 0 aliphatic carbocycles. The van der Waals surface area contributed by atoms with Crippen LogP contribution in [0.2, 0.25) is 0 Å². The molecule has 1 saturated heterocycles. The highest BCUT2D eigenvalue weighted by Crippen LogP contribution is 2.28. The zero-order valence-corrected chi connectivity index (χ0v) is 10.6. The van der Waals surface area contributed by atoms with Crippen molar-refractivity contribution < 1.29 is 4.79 Å². The summed E-state index contributed by atoms with van der Waals surface area (Å²) in [6.45, 7) is 2.90. The third-order valence-corrected chi connectivity index (χ3v) is 4.12. The van der Waals surface area contributed by atoms with Crippen LogP contribution in [0.5, 0.6) is 0 Å². The summed E-state index contributed by atoms with van der Waals surface area (Å²) in [5.41, 5.74) is 0.0871. The Morgan fingerprint density at radius 1 is 1.76 bits per heavy atom. The highest BCUT2D eigenvalue weighted by Gasteiger charge is 2.39. The van der Waals surface area contributed by atoms with Crippen molar-refractivity contribution in [2.75, 3.05) is 11.9 Å². The first-order valence-electron chi connectivity index (χ1n) is 5.76. The minimum absolute atomic E-state index is 0.0172. The van der Waals surface area contributed by atoms with Crippen molar-refractivity contribution in [1.82, 2.24) is 5.32 Å². The zero-order chi connectivity index (χ0) is 12.3. The molecule has 1 aromatic heterocycles. The van der Waals surface area contributed by atoms with E-state index in [1.807, 2.05) is 12.3 Å². The van der Waals surface area contributed by atoms with Crippen LogP contribution in [0.15, 0.2) is 11.4 Å². The van der Waals surface area contributed by atoms with Gasteiger partial charge in [0.25, 0.3) is 0 Å². The van der Waals surface area contributed by atoms with E-state index < -0.39 is 5.54 Å². The second kappa shape index (κ2) is 4.86. The van der Waals surface area contributed by atoms with Gasteiger partial charge < -0.3 is 10.6 Å². The van der Waals surface area contributed by atoms with Crippen LogP contribution in [-0.4, -0.2) is 18.0 Å². The molecule has 17 heavy (non-hydrogen) atoms. The fourth-order valence-electron chi connectivity index (χ4n) is 2.18. The molecular weight excluding hydrogens is 234 g/mol. The van der Waals surface area contributed by atoms with Crippen molar-refractivity contribution >= 4 is 22.2 Å². The first-order chi connectivity index (χ1) is 8.22. The van der Waals surface area contributed by atoms with E-state index >= 15 is 0 Å². The Morgan fingerprint density at radius 2 is 2.59 bits per heavy atom. The molecule has 2 heterocycles. The Bertz CT molecular complexity index is 455. The molecule has 0 spiro atoms. The van der Waals surface area contributed by atoms with E-state index in [-0.39, 0.29) is 5.91 Å².